The van der Waals surface area contributed by atoms with Gasteiger partial charge in [-0.25, -0.2) is 4.68 Å². The van der Waals surface area contributed by atoms with Crippen molar-refractivity contribution in [3.8, 4) is 16.9 Å². The van der Waals surface area contributed by atoms with Crippen LogP contribution >= 0.6 is 23.2 Å². The van der Waals surface area contributed by atoms with Gasteiger partial charge in [-0.05, 0) is 36.4 Å². The summed E-state index contributed by atoms with van der Waals surface area (Å²) in [5.74, 6) is -0.204. The van der Waals surface area contributed by atoms with E-state index in [9.17, 15) is 9.59 Å². The molecule has 11 heteroatoms. The van der Waals surface area contributed by atoms with Crippen molar-refractivity contribution >= 4 is 40.8 Å². The number of aromatic nitrogens is 4. The van der Waals surface area contributed by atoms with Crippen LogP contribution in [0, 0.1) is 0 Å². The van der Waals surface area contributed by atoms with E-state index in [1.54, 1.807) is 42.6 Å². The first-order valence-electron chi connectivity index (χ1n) is 11.0. The number of carbonyl (C=O) groups is 2. The number of rotatable bonds is 7. The van der Waals surface area contributed by atoms with Crippen molar-refractivity contribution in [2.75, 3.05) is 5.32 Å². The molecule has 184 valence electrons. The Hall–Kier alpha value is -4.47. The Bertz CT molecular complexity index is 1550. The Morgan fingerprint density at radius 1 is 0.892 bits per heavy atom. The third-order valence-electron chi connectivity index (χ3n) is 5.34. The van der Waals surface area contributed by atoms with Crippen molar-refractivity contribution in [3.05, 3.63) is 112 Å². The highest BCUT2D eigenvalue weighted by Crippen LogP contribution is 2.32. The summed E-state index contributed by atoms with van der Waals surface area (Å²) in [5, 5.41) is 14.1. The highest BCUT2D eigenvalue weighted by atomic mass is 35.5. The zero-order valence-corrected chi connectivity index (χ0v) is 20.6. The number of nitrogens with one attached hydrogen (secondary N) is 2. The van der Waals surface area contributed by atoms with Crippen molar-refractivity contribution in [1.82, 2.24) is 25.2 Å². The lowest BCUT2D eigenvalue weighted by atomic mass is 10.1. The van der Waals surface area contributed by atoms with E-state index in [1.165, 1.54) is 23.0 Å². The monoisotopic (exact) mass is 532 g/mol. The minimum atomic E-state index is -0.510. The van der Waals surface area contributed by atoms with E-state index < -0.39 is 11.8 Å². The van der Waals surface area contributed by atoms with Crippen LogP contribution in [0.4, 0.5) is 5.82 Å². The molecule has 0 bridgehead atoms. The van der Waals surface area contributed by atoms with E-state index in [0.717, 1.165) is 0 Å². The van der Waals surface area contributed by atoms with Gasteiger partial charge in [0.15, 0.2) is 11.5 Å². The average molecular weight is 533 g/mol. The predicted octanol–water partition coefficient (Wildman–Crippen LogP) is 5.41. The van der Waals surface area contributed by atoms with Gasteiger partial charge in [0.05, 0.1) is 39.7 Å². The number of hydrogen-bond donors (Lipinski definition) is 2. The van der Waals surface area contributed by atoms with E-state index in [2.05, 4.69) is 25.9 Å². The normalized spacial score (nSPS) is 10.8. The van der Waals surface area contributed by atoms with Crippen LogP contribution in [-0.4, -0.2) is 31.7 Å². The molecule has 37 heavy (non-hydrogen) atoms. The van der Waals surface area contributed by atoms with E-state index in [4.69, 9.17) is 27.7 Å². The minimum absolute atomic E-state index is 0.0926. The van der Waals surface area contributed by atoms with Crippen molar-refractivity contribution in [1.29, 1.82) is 0 Å². The summed E-state index contributed by atoms with van der Waals surface area (Å²) in [4.78, 5) is 30.4. The molecule has 5 aromatic rings. The van der Waals surface area contributed by atoms with Crippen molar-refractivity contribution in [3.63, 3.8) is 0 Å². The second-order valence-corrected chi connectivity index (χ2v) is 8.62. The summed E-state index contributed by atoms with van der Waals surface area (Å²) in [5.41, 5.74) is 2.07. The SMILES string of the molecule is O=C(NCc1ccno1)c1cc(NC(=O)c2cc(-c3ccccn3)c(Cl)cc2Cl)n(-c2ccccc2)n1. The summed E-state index contributed by atoms with van der Waals surface area (Å²) < 4.78 is 6.47. The topological polar surface area (TPSA) is 115 Å². The number of para-hydroxylation sites is 1. The fraction of sp³-hybridized carbons (Fsp3) is 0.0385. The van der Waals surface area contributed by atoms with Gasteiger partial charge in [-0.3, -0.25) is 14.6 Å². The number of nitrogens with zero attached hydrogens (tertiary/aromatic N) is 4. The van der Waals surface area contributed by atoms with Crippen molar-refractivity contribution in [2.24, 2.45) is 0 Å². The summed E-state index contributed by atoms with van der Waals surface area (Å²) in [6, 6.07) is 20.7. The molecule has 0 radical (unpaired) electrons. The molecule has 3 heterocycles. The van der Waals surface area contributed by atoms with Crippen LogP contribution in [0.2, 0.25) is 10.0 Å². The first-order valence-corrected chi connectivity index (χ1v) is 11.8. The van der Waals surface area contributed by atoms with Crippen LogP contribution in [0.15, 0.2) is 89.7 Å². The molecular formula is C26H18Cl2N6O3. The molecule has 2 N–H and O–H groups in total. The summed E-state index contributed by atoms with van der Waals surface area (Å²) in [7, 11) is 0. The number of pyridine rings is 1. The van der Waals surface area contributed by atoms with Gasteiger partial charge in [-0.15, -0.1) is 0 Å². The molecule has 5 rings (SSSR count). The Balaban J connectivity index is 1.46. The highest BCUT2D eigenvalue weighted by molar-refractivity contribution is 6.38. The molecule has 0 spiro atoms. The van der Waals surface area contributed by atoms with Gasteiger partial charge >= 0.3 is 0 Å². The second kappa shape index (κ2) is 10.7. The molecule has 0 saturated heterocycles. The molecule has 2 amide bonds. The Kier molecular flexibility index (Phi) is 6.98. The van der Waals surface area contributed by atoms with Gasteiger partial charge in [0.1, 0.15) is 5.82 Å². The highest BCUT2D eigenvalue weighted by Gasteiger charge is 2.21. The fourth-order valence-electron chi connectivity index (χ4n) is 3.56. The van der Waals surface area contributed by atoms with Gasteiger partial charge in [0, 0.05) is 23.9 Å². The molecule has 0 atom stereocenters. The maximum atomic E-state index is 13.4. The molecule has 0 saturated carbocycles. The summed E-state index contributed by atoms with van der Waals surface area (Å²) in [6.45, 7) is 0.134. The van der Waals surface area contributed by atoms with E-state index in [1.807, 2.05) is 24.3 Å². The van der Waals surface area contributed by atoms with Gasteiger partial charge in [-0.1, -0.05) is 52.6 Å². The average Bonchev–Trinajstić information content (AvgIpc) is 3.59. The van der Waals surface area contributed by atoms with Gasteiger partial charge < -0.3 is 15.2 Å². The Morgan fingerprint density at radius 3 is 2.43 bits per heavy atom. The number of halogens is 2. The number of benzene rings is 2. The summed E-state index contributed by atoms with van der Waals surface area (Å²) in [6.07, 6.45) is 3.12. The lowest BCUT2D eigenvalue weighted by Crippen LogP contribution is -2.23. The van der Waals surface area contributed by atoms with E-state index in [0.29, 0.717) is 27.7 Å². The Labute approximate surface area is 221 Å². The molecule has 0 aliphatic carbocycles. The molecule has 0 aliphatic rings. The molecule has 0 aliphatic heterocycles. The number of carbonyl (C=O) groups excluding carboxylic acids is 2. The molecule has 0 unspecified atom stereocenters. The number of hydrogen-bond acceptors (Lipinski definition) is 6. The molecule has 3 aromatic heterocycles. The lowest BCUT2D eigenvalue weighted by Gasteiger charge is -2.12. The zero-order valence-electron chi connectivity index (χ0n) is 19.1. The maximum Gasteiger partial charge on any atom is 0.272 e. The smallest absolute Gasteiger partial charge is 0.272 e. The Morgan fingerprint density at radius 2 is 1.70 bits per heavy atom. The predicted molar refractivity (Wildman–Crippen MR) is 139 cm³/mol. The van der Waals surface area contributed by atoms with Crippen LogP contribution in [0.25, 0.3) is 16.9 Å². The van der Waals surface area contributed by atoms with Gasteiger partial charge in [0.25, 0.3) is 11.8 Å². The minimum Gasteiger partial charge on any atom is -0.360 e. The third-order valence-corrected chi connectivity index (χ3v) is 5.97. The number of anilines is 1. The molecule has 2 aromatic carbocycles. The van der Waals surface area contributed by atoms with Crippen LogP contribution < -0.4 is 10.6 Å². The quantitative estimate of drug-likeness (QED) is 0.289. The second-order valence-electron chi connectivity index (χ2n) is 7.80. The molecule has 0 fully saturated rings. The van der Waals surface area contributed by atoms with Crippen molar-refractivity contribution < 1.29 is 14.1 Å². The largest absolute Gasteiger partial charge is 0.360 e. The van der Waals surface area contributed by atoms with Crippen LogP contribution in [0.5, 0.6) is 0 Å². The first kappa shape index (κ1) is 24.2. The summed E-state index contributed by atoms with van der Waals surface area (Å²) >= 11 is 12.8. The van der Waals surface area contributed by atoms with Gasteiger partial charge in [-0.2, -0.15) is 5.10 Å². The zero-order chi connectivity index (χ0) is 25.8. The van der Waals surface area contributed by atoms with Crippen LogP contribution in [-0.2, 0) is 6.54 Å². The maximum absolute atomic E-state index is 13.4. The molecular weight excluding hydrogens is 515 g/mol. The third kappa shape index (κ3) is 5.37. The van der Waals surface area contributed by atoms with Crippen LogP contribution in [0.1, 0.15) is 26.6 Å². The standard InChI is InChI=1S/C26H18Cl2N6O3/c27-20-13-21(28)19(12-18(20)22-8-4-5-10-29-22)25(35)32-24-14-23(26(36)30-15-17-9-11-31-37-17)33-34(24)16-6-2-1-3-7-16/h1-14H,15H2,(H,30,36)(H,32,35). The van der Waals surface area contributed by atoms with E-state index >= 15 is 0 Å². The van der Waals surface area contributed by atoms with E-state index in [-0.39, 0.29) is 28.6 Å². The first-order chi connectivity index (χ1) is 18.0. The number of amides is 2. The van der Waals surface area contributed by atoms with Crippen LogP contribution in [0.3, 0.4) is 0 Å². The molecule has 9 nitrogen and oxygen atoms in total. The fourth-order valence-corrected chi connectivity index (χ4v) is 4.13. The van der Waals surface area contributed by atoms with Crippen molar-refractivity contribution in [2.45, 2.75) is 6.54 Å². The van der Waals surface area contributed by atoms with Gasteiger partial charge in [0.2, 0.25) is 0 Å². The lowest BCUT2D eigenvalue weighted by molar-refractivity contribution is 0.0941.